The number of aromatic nitrogens is 2. The second-order valence-corrected chi connectivity index (χ2v) is 7.89. The van der Waals surface area contributed by atoms with Crippen LogP contribution in [0.25, 0.3) is 16.8 Å². The molecule has 0 unspecified atom stereocenters. The number of amides is 1. The molecular formula is C19H13BrClN3OS. The number of carbonyl (C=O) groups is 1. The van der Waals surface area contributed by atoms with Crippen molar-refractivity contribution in [2.24, 2.45) is 0 Å². The molecule has 130 valence electrons. The number of carbonyl (C=O) groups excluding carboxylic acids is 1. The molecule has 3 heterocycles. The Bertz CT molecular complexity index is 1080. The van der Waals surface area contributed by atoms with Gasteiger partial charge in [0.05, 0.1) is 11.0 Å². The Morgan fingerprint density at radius 2 is 2.00 bits per heavy atom. The van der Waals surface area contributed by atoms with Crippen LogP contribution in [-0.4, -0.2) is 15.3 Å². The summed E-state index contributed by atoms with van der Waals surface area (Å²) < 4.78 is 2.51. The molecule has 4 nitrogen and oxygen atoms in total. The number of halogens is 2. The Labute approximate surface area is 167 Å². The first kappa shape index (κ1) is 17.3. The molecule has 1 amide bonds. The lowest BCUT2D eigenvalue weighted by atomic mass is 10.1. The summed E-state index contributed by atoms with van der Waals surface area (Å²) in [5.74, 6) is -0.291. The summed E-state index contributed by atoms with van der Waals surface area (Å²) in [5, 5.41) is 5.13. The monoisotopic (exact) mass is 445 g/mol. The minimum absolute atomic E-state index is 0.217. The number of hydrogen-bond acceptors (Lipinski definition) is 3. The summed E-state index contributed by atoms with van der Waals surface area (Å²) in [4.78, 5) is 18.0. The predicted octanol–water partition coefficient (Wildman–Crippen LogP) is 5.41. The van der Waals surface area contributed by atoms with Crippen LogP contribution in [0.2, 0.25) is 5.15 Å². The van der Waals surface area contributed by atoms with Gasteiger partial charge in [-0.1, -0.05) is 48.0 Å². The Kier molecular flexibility index (Phi) is 4.80. The molecule has 4 rings (SSSR count). The molecule has 1 N–H and O–H groups in total. The van der Waals surface area contributed by atoms with Crippen molar-refractivity contribution >= 4 is 50.4 Å². The number of nitrogens with one attached hydrogen (secondary N) is 1. The summed E-state index contributed by atoms with van der Waals surface area (Å²) in [6.07, 6.45) is 1.89. The van der Waals surface area contributed by atoms with Crippen LogP contribution >= 0.6 is 38.9 Å². The highest BCUT2D eigenvalue weighted by Gasteiger charge is 2.19. The Hall–Kier alpha value is -2.15. The Morgan fingerprint density at radius 1 is 1.19 bits per heavy atom. The van der Waals surface area contributed by atoms with Crippen LogP contribution in [0.15, 0.2) is 64.6 Å². The van der Waals surface area contributed by atoms with E-state index in [1.165, 1.54) is 0 Å². The van der Waals surface area contributed by atoms with Gasteiger partial charge in [0.1, 0.15) is 5.15 Å². The molecule has 0 saturated heterocycles. The quantitative estimate of drug-likeness (QED) is 0.456. The molecule has 0 spiro atoms. The van der Waals surface area contributed by atoms with Crippen molar-refractivity contribution < 1.29 is 4.79 Å². The van der Waals surface area contributed by atoms with E-state index in [0.29, 0.717) is 17.3 Å². The summed E-state index contributed by atoms with van der Waals surface area (Å²) in [7, 11) is 0. The van der Waals surface area contributed by atoms with Gasteiger partial charge in [0.25, 0.3) is 5.91 Å². The standard InChI is InChI=1S/C19H13BrClN3OS/c20-15-9-13(12-5-2-1-3-6-12)11-24-17(21)16(23-18(15)24)19(25)22-10-14-7-4-8-26-14/h1-9,11H,10H2,(H,22,25). The maximum atomic E-state index is 12.5. The molecule has 0 aliphatic rings. The molecule has 0 aliphatic carbocycles. The average Bonchev–Trinajstić information content (AvgIpc) is 3.29. The van der Waals surface area contributed by atoms with E-state index in [2.05, 4.69) is 26.2 Å². The van der Waals surface area contributed by atoms with Crippen LogP contribution in [0.1, 0.15) is 15.4 Å². The van der Waals surface area contributed by atoms with Gasteiger partial charge in [-0.25, -0.2) is 4.98 Å². The summed E-state index contributed by atoms with van der Waals surface area (Å²) >= 11 is 11.6. The third-order valence-electron chi connectivity index (χ3n) is 3.94. The summed E-state index contributed by atoms with van der Waals surface area (Å²) in [5.41, 5.74) is 2.86. The van der Waals surface area contributed by atoms with Crippen molar-refractivity contribution in [3.8, 4) is 11.1 Å². The zero-order valence-electron chi connectivity index (χ0n) is 13.4. The topological polar surface area (TPSA) is 46.4 Å². The molecule has 0 aliphatic heterocycles. The fraction of sp³-hybridized carbons (Fsp3) is 0.0526. The van der Waals surface area contributed by atoms with Gasteiger partial charge in [-0.2, -0.15) is 0 Å². The molecule has 1 aromatic carbocycles. The molecule has 0 radical (unpaired) electrons. The van der Waals surface area contributed by atoms with Gasteiger partial charge >= 0.3 is 0 Å². The van der Waals surface area contributed by atoms with Gasteiger partial charge in [-0.15, -0.1) is 11.3 Å². The summed E-state index contributed by atoms with van der Waals surface area (Å²) in [6, 6.07) is 15.9. The molecule has 0 atom stereocenters. The van der Waals surface area contributed by atoms with Crippen LogP contribution in [0.3, 0.4) is 0 Å². The highest BCUT2D eigenvalue weighted by atomic mass is 79.9. The van der Waals surface area contributed by atoms with Crippen LogP contribution in [-0.2, 0) is 6.54 Å². The van der Waals surface area contributed by atoms with E-state index >= 15 is 0 Å². The number of thiophene rings is 1. The van der Waals surface area contributed by atoms with Gasteiger partial charge in [0.2, 0.25) is 0 Å². The second-order valence-electron chi connectivity index (χ2n) is 5.65. The Morgan fingerprint density at radius 3 is 2.73 bits per heavy atom. The molecule has 26 heavy (non-hydrogen) atoms. The predicted molar refractivity (Wildman–Crippen MR) is 109 cm³/mol. The van der Waals surface area contributed by atoms with E-state index in [4.69, 9.17) is 11.6 Å². The van der Waals surface area contributed by atoms with Crippen molar-refractivity contribution in [1.82, 2.24) is 14.7 Å². The maximum absolute atomic E-state index is 12.5. The SMILES string of the molecule is O=C(NCc1cccs1)c1nc2c(Br)cc(-c3ccccc3)cn2c1Cl. The number of rotatable bonds is 4. The van der Waals surface area contributed by atoms with Crippen LogP contribution < -0.4 is 5.32 Å². The zero-order chi connectivity index (χ0) is 18.1. The minimum Gasteiger partial charge on any atom is -0.346 e. The van der Waals surface area contributed by atoms with E-state index in [9.17, 15) is 4.79 Å². The first-order valence-corrected chi connectivity index (χ1v) is 9.91. The number of benzene rings is 1. The van der Waals surface area contributed by atoms with Crippen molar-refractivity contribution in [3.63, 3.8) is 0 Å². The van der Waals surface area contributed by atoms with Crippen LogP contribution in [0.4, 0.5) is 0 Å². The van der Waals surface area contributed by atoms with Crippen molar-refractivity contribution in [2.45, 2.75) is 6.54 Å². The third-order valence-corrected chi connectivity index (χ3v) is 5.76. The van der Waals surface area contributed by atoms with Crippen molar-refractivity contribution in [1.29, 1.82) is 0 Å². The van der Waals surface area contributed by atoms with E-state index in [0.717, 1.165) is 20.5 Å². The minimum atomic E-state index is -0.291. The molecule has 7 heteroatoms. The molecular weight excluding hydrogens is 434 g/mol. The number of imidazole rings is 1. The van der Waals surface area contributed by atoms with E-state index in [-0.39, 0.29) is 11.6 Å². The molecule has 0 fully saturated rings. The van der Waals surface area contributed by atoms with Crippen molar-refractivity contribution in [2.75, 3.05) is 0 Å². The number of hydrogen-bond donors (Lipinski definition) is 1. The number of nitrogens with zero attached hydrogens (tertiary/aromatic N) is 2. The molecule has 3 aromatic heterocycles. The lowest BCUT2D eigenvalue weighted by Gasteiger charge is -2.05. The Balaban J connectivity index is 1.70. The third kappa shape index (κ3) is 3.28. The van der Waals surface area contributed by atoms with Crippen molar-refractivity contribution in [3.05, 3.63) is 80.3 Å². The van der Waals surface area contributed by atoms with Gasteiger partial charge < -0.3 is 5.32 Å². The van der Waals surface area contributed by atoms with E-state index in [1.54, 1.807) is 15.7 Å². The zero-order valence-corrected chi connectivity index (χ0v) is 16.6. The maximum Gasteiger partial charge on any atom is 0.273 e. The second kappa shape index (κ2) is 7.23. The fourth-order valence-corrected chi connectivity index (χ4v) is 4.10. The highest BCUT2D eigenvalue weighted by molar-refractivity contribution is 9.10. The normalized spacial score (nSPS) is 11.0. The molecule has 0 bridgehead atoms. The first-order valence-electron chi connectivity index (χ1n) is 7.86. The van der Waals surface area contributed by atoms with Crippen LogP contribution in [0.5, 0.6) is 0 Å². The fourth-order valence-electron chi connectivity index (χ4n) is 2.67. The lowest BCUT2D eigenvalue weighted by Crippen LogP contribution is -2.23. The van der Waals surface area contributed by atoms with E-state index < -0.39 is 0 Å². The lowest BCUT2D eigenvalue weighted by molar-refractivity contribution is 0.0947. The van der Waals surface area contributed by atoms with Gasteiger partial charge in [0, 0.05) is 11.1 Å². The smallest absolute Gasteiger partial charge is 0.273 e. The van der Waals surface area contributed by atoms with Gasteiger partial charge in [0.15, 0.2) is 11.3 Å². The number of fused-ring (bicyclic) bond motifs is 1. The number of pyridine rings is 1. The summed E-state index contributed by atoms with van der Waals surface area (Å²) in [6.45, 7) is 0.455. The largest absolute Gasteiger partial charge is 0.346 e. The van der Waals surface area contributed by atoms with Gasteiger partial charge in [-0.05, 0) is 44.6 Å². The molecule has 0 saturated carbocycles. The van der Waals surface area contributed by atoms with Gasteiger partial charge in [-0.3, -0.25) is 9.20 Å². The van der Waals surface area contributed by atoms with Crippen LogP contribution in [0, 0.1) is 0 Å². The van der Waals surface area contributed by atoms with E-state index in [1.807, 2.05) is 60.1 Å². The average molecular weight is 447 g/mol. The first-order chi connectivity index (χ1) is 12.6. The highest BCUT2D eigenvalue weighted by Crippen LogP contribution is 2.30. The molecule has 4 aromatic rings.